The molecule has 1 atom stereocenters. The number of aromatic nitrogens is 2. The highest BCUT2D eigenvalue weighted by Crippen LogP contribution is 2.38. The van der Waals surface area contributed by atoms with E-state index in [0.29, 0.717) is 24.3 Å². The number of alkyl halides is 3. The predicted octanol–water partition coefficient (Wildman–Crippen LogP) is 3.45. The van der Waals surface area contributed by atoms with Crippen LogP contribution in [0, 0.1) is 0 Å². The highest BCUT2D eigenvalue weighted by molar-refractivity contribution is 5.99. The lowest BCUT2D eigenvalue weighted by molar-refractivity contribution is -0.137. The molecule has 12 heteroatoms. The molecule has 0 radical (unpaired) electrons. The third kappa shape index (κ3) is 6.15. The van der Waals surface area contributed by atoms with Crippen LogP contribution < -0.4 is 20.7 Å². The summed E-state index contributed by atoms with van der Waals surface area (Å²) < 4.78 is 50.7. The molecule has 9 nitrogen and oxygen atoms in total. The lowest BCUT2D eigenvalue weighted by Crippen LogP contribution is -2.59. The standard InChI is InChI=1S/C25H24F3N5O4/c1-36-19-6-7-21(20(10-19)25(26,27)28)32-18-4-2-16(3-5-18)11-31-23(35)24(8-9-37-14-24)33-22(34)17-12-29-15-30-13-17/h2-7,10,12-13,15,32H,8-9,11,14H2,1H3,(H,31,35)(H,33,34). The fraction of sp³-hybridized carbons (Fsp3) is 0.280. The summed E-state index contributed by atoms with van der Waals surface area (Å²) in [5, 5.41) is 8.31. The van der Waals surface area contributed by atoms with E-state index in [4.69, 9.17) is 9.47 Å². The SMILES string of the molecule is COc1ccc(Nc2ccc(CNC(=O)C3(NC(=O)c4cncnc4)CCOC3)cc2)c(C(F)(F)F)c1. The maximum atomic E-state index is 13.5. The topological polar surface area (TPSA) is 114 Å². The predicted molar refractivity (Wildman–Crippen MR) is 127 cm³/mol. The molecular formula is C25H24F3N5O4. The summed E-state index contributed by atoms with van der Waals surface area (Å²) in [5.41, 5.74) is -0.842. The van der Waals surface area contributed by atoms with Crippen LogP contribution in [0.3, 0.4) is 0 Å². The van der Waals surface area contributed by atoms with E-state index >= 15 is 0 Å². The zero-order valence-electron chi connectivity index (χ0n) is 19.8. The molecule has 2 heterocycles. The number of halogens is 3. The van der Waals surface area contributed by atoms with E-state index < -0.39 is 29.1 Å². The van der Waals surface area contributed by atoms with Crippen molar-refractivity contribution in [2.45, 2.75) is 24.7 Å². The molecule has 3 N–H and O–H groups in total. The molecule has 4 rings (SSSR count). The summed E-state index contributed by atoms with van der Waals surface area (Å²) >= 11 is 0. The molecule has 1 aromatic heterocycles. The first-order chi connectivity index (χ1) is 17.7. The number of nitrogens with one attached hydrogen (secondary N) is 3. The van der Waals surface area contributed by atoms with Gasteiger partial charge in [-0.15, -0.1) is 0 Å². The Balaban J connectivity index is 1.40. The quantitative estimate of drug-likeness (QED) is 0.421. The average molecular weight is 515 g/mol. The van der Waals surface area contributed by atoms with Gasteiger partial charge < -0.3 is 25.4 Å². The van der Waals surface area contributed by atoms with Crippen LogP contribution in [0.2, 0.25) is 0 Å². The number of rotatable bonds is 8. The molecule has 1 fully saturated rings. The molecule has 0 aliphatic carbocycles. The number of anilines is 2. The molecular weight excluding hydrogens is 491 g/mol. The van der Waals surface area contributed by atoms with Gasteiger partial charge in [-0.1, -0.05) is 12.1 Å². The summed E-state index contributed by atoms with van der Waals surface area (Å²) in [4.78, 5) is 33.2. The third-order valence-electron chi connectivity index (χ3n) is 5.85. The lowest BCUT2D eigenvalue weighted by Gasteiger charge is -2.27. The first kappa shape index (κ1) is 25.9. The summed E-state index contributed by atoms with van der Waals surface area (Å²) in [6.45, 7) is 0.469. The van der Waals surface area contributed by atoms with Gasteiger partial charge in [0.1, 0.15) is 17.6 Å². The monoisotopic (exact) mass is 515 g/mol. The lowest BCUT2D eigenvalue weighted by atomic mass is 9.96. The number of carbonyl (C=O) groups is 2. The van der Waals surface area contributed by atoms with Crippen LogP contribution in [0.15, 0.2) is 61.2 Å². The van der Waals surface area contributed by atoms with Gasteiger partial charge in [-0.25, -0.2) is 9.97 Å². The van der Waals surface area contributed by atoms with E-state index in [0.717, 1.165) is 6.07 Å². The number of benzene rings is 2. The molecule has 0 spiro atoms. The highest BCUT2D eigenvalue weighted by atomic mass is 19.4. The Hall–Kier alpha value is -4.19. The van der Waals surface area contributed by atoms with Crippen LogP contribution in [-0.2, 0) is 22.3 Å². The van der Waals surface area contributed by atoms with Gasteiger partial charge in [0, 0.05) is 37.7 Å². The number of amides is 2. The summed E-state index contributed by atoms with van der Waals surface area (Å²) in [6.07, 6.45) is -0.272. The normalized spacial score (nSPS) is 17.2. The number of carbonyl (C=O) groups excluding carboxylic acids is 2. The van der Waals surface area contributed by atoms with E-state index in [-0.39, 0.29) is 30.2 Å². The zero-order valence-corrected chi connectivity index (χ0v) is 19.8. The van der Waals surface area contributed by atoms with E-state index in [2.05, 4.69) is 25.9 Å². The Bertz CT molecular complexity index is 1250. The fourth-order valence-corrected chi connectivity index (χ4v) is 3.81. The Morgan fingerprint density at radius 2 is 1.84 bits per heavy atom. The van der Waals surface area contributed by atoms with Gasteiger partial charge >= 0.3 is 6.18 Å². The minimum atomic E-state index is -4.57. The largest absolute Gasteiger partial charge is 0.497 e. The zero-order chi connectivity index (χ0) is 26.5. The number of ether oxygens (including phenoxy) is 2. The molecule has 194 valence electrons. The van der Waals surface area contributed by atoms with Crippen LogP contribution in [0.25, 0.3) is 0 Å². The van der Waals surface area contributed by atoms with Gasteiger partial charge in [0.05, 0.1) is 30.5 Å². The smallest absolute Gasteiger partial charge is 0.418 e. The second kappa shape index (κ2) is 10.8. The minimum absolute atomic E-state index is 0.0184. The molecule has 1 saturated heterocycles. The summed E-state index contributed by atoms with van der Waals surface area (Å²) in [6, 6.07) is 10.2. The van der Waals surface area contributed by atoms with E-state index in [1.54, 1.807) is 24.3 Å². The van der Waals surface area contributed by atoms with Gasteiger partial charge in [0.2, 0.25) is 5.91 Å². The Labute approximate surface area is 210 Å². The summed E-state index contributed by atoms with van der Waals surface area (Å²) in [5.74, 6) is -0.804. The van der Waals surface area contributed by atoms with Crippen molar-refractivity contribution in [2.75, 3.05) is 25.6 Å². The number of hydrogen-bond acceptors (Lipinski definition) is 7. The molecule has 1 unspecified atom stereocenters. The fourth-order valence-electron chi connectivity index (χ4n) is 3.81. The van der Waals surface area contributed by atoms with Crippen LogP contribution >= 0.6 is 0 Å². The maximum absolute atomic E-state index is 13.5. The number of methoxy groups -OCH3 is 1. The first-order valence-electron chi connectivity index (χ1n) is 11.2. The van der Waals surface area contributed by atoms with Crippen molar-refractivity contribution in [1.82, 2.24) is 20.6 Å². The summed E-state index contributed by atoms with van der Waals surface area (Å²) in [7, 11) is 1.30. The number of hydrogen-bond donors (Lipinski definition) is 3. The van der Waals surface area contributed by atoms with Crippen LogP contribution in [0.5, 0.6) is 5.75 Å². The molecule has 0 bridgehead atoms. The molecule has 3 aromatic rings. The molecule has 0 saturated carbocycles. The van der Waals surface area contributed by atoms with Crippen molar-refractivity contribution < 1.29 is 32.2 Å². The van der Waals surface area contributed by atoms with Crippen LogP contribution in [0.1, 0.15) is 27.9 Å². The van der Waals surface area contributed by atoms with Crippen molar-refractivity contribution in [3.63, 3.8) is 0 Å². The highest BCUT2D eigenvalue weighted by Gasteiger charge is 2.43. The molecule has 1 aliphatic rings. The average Bonchev–Trinajstić information content (AvgIpc) is 3.38. The molecule has 1 aliphatic heterocycles. The first-order valence-corrected chi connectivity index (χ1v) is 11.2. The van der Waals surface area contributed by atoms with Gasteiger partial charge in [0.25, 0.3) is 5.91 Å². The Kier molecular flexibility index (Phi) is 7.58. The van der Waals surface area contributed by atoms with Crippen LogP contribution in [0.4, 0.5) is 24.5 Å². The van der Waals surface area contributed by atoms with E-state index in [1.165, 1.54) is 38.0 Å². The Morgan fingerprint density at radius 1 is 1.11 bits per heavy atom. The molecule has 2 aromatic carbocycles. The van der Waals surface area contributed by atoms with Crippen molar-refractivity contribution in [2.24, 2.45) is 0 Å². The van der Waals surface area contributed by atoms with E-state index in [1.807, 2.05) is 0 Å². The maximum Gasteiger partial charge on any atom is 0.418 e. The Morgan fingerprint density at radius 3 is 2.46 bits per heavy atom. The van der Waals surface area contributed by atoms with Crippen molar-refractivity contribution in [3.05, 3.63) is 77.9 Å². The molecule has 2 amide bonds. The van der Waals surface area contributed by atoms with Gasteiger partial charge in [-0.05, 0) is 35.9 Å². The number of nitrogens with zero attached hydrogens (tertiary/aromatic N) is 2. The second-order valence-corrected chi connectivity index (χ2v) is 8.38. The van der Waals surface area contributed by atoms with Gasteiger partial charge in [-0.2, -0.15) is 13.2 Å². The minimum Gasteiger partial charge on any atom is -0.497 e. The third-order valence-corrected chi connectivity index (χ3v) is 5.85. The van der Waals surface area contributed by atoms with Crippen molar-refractivity contribution >= 4 is 23.2 Å². The van der Waals surface area contributed by atoms with Gasteiger partial charge in [0.15, 0.2) is 0 Å². The second-order valence-electron chi connectivity index (χ2n) is 8.38. The van der Waals surface area contributed by atoms with Crippen LogP contribution in [-0.4, -0.2) is 47.6 Å². The van der Waals surface area contributed by atoms with Crippen molar-refractivity contribution in [3.8, 4) is 5.75 Å². The van der Waals surface area contributed by atoms with Crippen molar-refractivity contribution in [1.29, 1.82) is 0 Å². The van der Waals surface area contributed by atoms with E-state index in [9.17, 15) is 22.8 Å². The molecule has 37 heavy (non-hydrogen) atoms. The van der Waals surface area contributed by atoms with Gasteiger partial charge in [-0.3, -0.25) is 9.59 Å².